The maximum absolute atomic E-state index is 12.0. The van der Waals surface area contributed by atoms with Gasteiger partial charge in [0.05, 0.1) is 6.54 Å². The van der Waals surface area contributed by atoms with Crippen molar-refractivity contribution in [2.45, 2.75) is 44.6 Å². The first-order valence-corrected chi connectivity index (χ1v) is 5.79. The first-order chi connectivity index (χ1) is 7.20. The fourth-order valence-corrected chi connectivity index (χ4v) is 2.89. The van der Waals surface area contributed by atoms with Gasteiger partial charge in [0.25, 0.3) is 0 Å². The molecule has 0 unspecified atom stereocenters. The van der Waals surface area contributed by atoms with E-state index in [2.05, 4.69) is 5.32 Å². The lowest BCUT2D eigenvalue weighted by Crippen LogP contribution is -2.67. The lowest BCUT2D eigenvalue weighted by molar-refractivity contribution is -0.155. The quantitative estimate of drug-likeness (QED) is 0.691. The second kappa shape index (κ2) is 3.83. The van der Waals surface area contributed by atoms with Crippen LogP contribution in [-0.4, -0.2) is 35.3 Å². The molecule has 1 saturated carbocycles. The van der Waals surface area contributed by atoms with Gasteiger partial charge >= 0.3 is 0 Å². The second-order valence-corrected chi connectivity index (χ2v) is 4.41. The van der Waals surface area contributed by atoms with Gasteiger partial charge in [0.1, 0.15) is 5.54 Å². The highest BCUT2D eigenvalue weighted by Gasteiger charge is 2.48. The fraction of sp³-hybridized carbons (Fsp3) is 0.818. The smallest absolute Gasteiger partial charge is 0.246 e. The average Bonchev–Trinajstić information content (AvgIpc) is 2.26. The Morgan fingerprint density at radius 2 is 1.93 bits per heavy atom. The second-order valence-electron chi connectivity index (χ2n) is 4.41. The van der Waals surface area contributed by atoms with E-state index in [4.69, 9.17) is 0 Å². The summed E-state index contributed by atoms with van der Waals surface area (Å²) in [6.45, 7) is 2.77. The highest BCUT2D eigenvalue weighted by molar-refractivity contribution is 5.98. The van der Waals surface area contributed by atoms with Gasteiger partial charge in [-0.1, -0.05) is 19.3 Å². The highest BCUT2D eigenvalue weighted by atomic mass is 16.2. The van der Waals surface area contributed by atoms with Gasteiger partial charge in [-0.25, -0.2) is 0 Å². The van der Waals surface area contributed by atoms with Gasteiger partial charge in [0.15, 0.2) is 0 Å². The third-order valence-electron chi connectivity index (χ3n) is 3.64. The van der Waals surface area contributed by atoms with E-state index in [0.717, 1.165) is 25.7 Å². The molecule has 4 heteroatoms. The van der Waals surface area contributed by atoms with Gasteiger partial charge < -0.3 is 10.2 Å². The van der Waals surface area contributed by atoms with Crippen LogP contribution in [0.5, 0.6) is 0 Å². The molecule has 0 aromatic heterocycles. The summed E-state index contributed by atoms with van der Waals surface area (Å²) in [4.78, 5) is 25.5. The van der Waals surface area contributed by atoms with Crippen molar-refractivity contribution in [1.29, 1.82) is 0 Å². The number of amides is 2. The fourth-order valence-electron chi connectivity index (χ4n) is 2.89. The molecule has 2 amide bonds. The Kier molecular flexibility index (Phi) is 2.67. The number of rotatable bonds is 1. The zero-order valence-electron chi connectivity index (χ0n) is 9.21. The monoisotopic (exact) mass is 210 g/mol. The molecular formula is C11H18N2O2. The molecule has 0 aromatic carbocycles. The molecule has 1 aliphatic carbocycles. The van der Waals surface area contributed by atoms with Crippen LogP contribution >= 0.6 is 0 Å². The van der Waals surface area contributed by atoms with E-state index in [1.807, 2.05) is 6.92 Å². The molecule has 0 bridgehead atoms. The standard InChI is InChI=1S/C11H18N2O2/c1-2-13-9(14)8-12-10(15)11(13)6-4-3-5-7-11/h2-8H2,1H3,(H,12,15). The zero-order valence-corrected chi connectivity index (χ0v) is 9.21. The van der Waals surface area contributed by atoms with E-state index in [0.29, 0.717) is 6.54 Å². The van der Waals surface area contributed by atoms with Crippen LogP contribution in [0, 0.1) is 0 Å². The summed E-state index contributed by atoms with van der Waals surface area (Å²) in [6.07, 6.45) is 4.95. The minimum Gasteiger partial charge on any atom is -0.345 e. The van der Waals surface area contributed by atoms with Crippen LogP contribution in [0.15, 0.2) is 0 Å². The Balaban J connectivity index is 2.29. The van der Waals surface area contributed by atoms with Crippen LogP contribution in [0.1, 0.15) is 39.0 Å². The molecule has 1 saturated heterocycles. The van der Waals surface area contributed by atoms with Crippen molar-refractivity contribution in [2.75, 3.05) is 13.1 Å². The highest BCUT2D eigenvalue weighted by Crippen LogP contribution is 2.35. The molecule has 2 rings (SSSR count). The van der Waals surface area contributed by atoms with Gasteiger partial charge in [0.2, 0.25) is 11.8 Å². The lowest BCUT2D eigenvalue weighted by atomic mass is 9.78. The molecule has 1 spiro atoms. The van der Waals surface area contributed by atoms with Gasteiger partial charge in [-0.05, 0) is 19.8 Å². The number of carbonyl (C=O) groups excluding carboxylic acids is 2. The SMILES string of the molecule is CCN1C(=O)CNC(=O)C12CCCCC2. The van der Waals surface area contributed by atoms with E-state index in [1.54, 1.807) is 4.90 Å². The van der Waals surface area contributed by atoms with Crippen molar-refractivity contribution in [2.24, 2.45) is 0 Å². The van der Waals surface area contributed by atoms with Crippen LogP contribution < -0.4 is 5.32 Å². The summed E-state index contributed by atoms with van der Waals surface area (Å²) >= 11 is 0. The molecule has 1 heterocycles. The number of hydrogen-bond donors (Lipinski definition) is 1. The summed E-state index contributed by atoms with van der Waals surface area (Å²) < 4.78 is 0. The van der Waals surface area contributed by atoms with E-state index in [1.165, 1.54) is 6.42 Å². The molecule has 4 nitrogen and oxygen atoms in total. The predicted molar refractivity (Wildman–Crippen MR) is 56.2 cm³/mol. The summed E-state index contributed by atoms with van der Waals surface area (Å²) in [5, 5.41) is 2.73. The van der Waals surface area contributed by atoms with E-state index < -0.39 is 5.54 Å². The van der Waals surface area contributed by atoms with Crippen LogP contribution in [0.4, 0.5) is 0 Å². The molecule has 84 valence electrons. The van der Waals surface area contributed by atoms with Crippen molar-refractivity contribution in [3.63, 3.8) is 0 Å². The zero-order chi connectivity index (χ0) is 10.9. The van der Waals surface area contributed by atoms with Crippen LogP contribution in [0.3, 0.4) is 0 Å². The Labute approximate surface area is 90.0 Å². The van der Waals surface area contributed by atoms with Gasteiger partial charge in [-0.2, -0.15) is 0 Å². The Hall–Kier alpha value is -1.06. The number of nitrogens with zero attached hydrogens (tertiary/aromatic N) is 1. The first-order valence-electron chi connectivity index (χ1n) is 5.79. The summed E-state index contributed by atoms with van der Waals surface area (Å²) in [5.41, 5.74) is -0.512. The van der Waals surface area contributed by atoms with Crippen molar-refractivity contribution in [3.05, 3.63) is 0 Å². The minimum atomic E-state index is -0.512. The minimum absolute atomic E-state index is 0.0589. The third kappa shape index (κ3) is 1.52. The predicted octanol–water partition coefficient (Wildman–Crippen LogP) is 0.668. The maximum atomic E-state index is 12.0. The maximum Gasteiger partial charge on any atom is 0.246 e. The molecule has 2 fully saturated rings. The van der Waals surface area contributed by atoms with Crippen molar-refractivity contribution < 1.29 is 9.59 Å². The largest absolute Gasteiger partial charge is 0.345 e. The molecule has 0 aromatic rings. The molecule has 15 heavy (non-hydrogen) atoms. The summed E-state index contributed by atoms with van der Waals surface area (Å²) in [6, 6.07) is 0. The van der Waals surface area contributed by atoms with Gasteiger partial charge in [-0.3, -0.25) is 9.59 Å². The molecule has 1 aliphatic heterocycles. The third-order valence-corrected chi connectivity index (χ3v) is 3.64. The molecule has 0 radical (unpaired) electrons. The number of likely N-dealkylation sites (N-methyl/N-ethyl adjacent to an activating group) is 1. The number of piperazine rings is 1. The Morgan fingerprint density at radius 3 is 2.53 bits per heavy atom. The number of nitrogens with one attached hydrogen (secondary N) is 1. The Morgan fingerprint density at radius 1 is 1.27 bits per heavy atom. The lowest BCUT2D eigenvalue weighted by Gasteiger charge is -2.47. The van der Waals surface area contributed by atoms with Crippen molar-refractivity contribution in [3.8, 4) is 0 Å². The van der Waals surface area contributed by atoms with Gasteiger partial charge in [0, 0.05) is 6.54 Å². The topological polar surface area (TPSA) is 49.4 Å². The molecule has 2 aliphatic rings. The van der Waals surface area contributed by atoms with Crippen LogP contribution in [0.25, 0.3) is 0 Å². The van der Waals surface area contributed by atoms with Crippen molar-refractivity contribution in [1.82, 2.24) is 10.2 Å². The van der Waals surface area contributed by atoms with Crippen LogP contribution in [-0.2, 0) is 9.59 Å². The van der Waals surface area contributed by atoms with E-state index in [9.17, 15) is 9.59 Å². The molecular weight excluding hydrogens is 192 g/mol. The number of carbonyl (C=O) groups is 2. The summed E-state index contributed by atoms with van der Waals surface area (Å²) in [7, 11) is 0. The van der Waals surface area contributed by atoms with E-state index >= 15 is 0 Å². The number of hydrogen-bond acceptors (Lipinski definition) is 2. The van der Waals surface area contributed by atoms with E-state index in [-0.39, 0.29) is 18.4 Å². The Bertz CT molecular complexity index is 282. The molecule has 1 N–H and O–H groups in total. The molecule has 0 atom stereocenters. The normalized spacial score (nSPS) is 25.5. The van der Waals surface area contributed by atoms with Gasteiger partial charge in [-0.15, -0.1) is 0 Å². The van der Waals surface area contributed by atoms with Crippen LogP contribution in [0.2, 0.25) is 0 Å². The summed E-state index contributed by atoms with van der Waals surface area (Å²) in [5.74, 6) is 0.127. The first kappa shape index (κ1) is 10.5. The van der Waals surface area contributed by atoms with Crippen molar-refractivity contribution >= 4 is 11.8 Å². The average molecular weight is 210 g/mol.